The quantitative estimate of drug-likeness (QED) is 0.848. The van der Waals surface area contributed by atoms with E-state index in [2.05, 4.69) is 25.2 Å². The normalized spacial score (nSPS) is 12.5. The van der Waals surface area contributed by atoms with E-state index in [1.54, 1.807) is 0 Å². The summed E-state index contributed by atoms with van der Waals surface area (Å²) in [7, 11) is 0. The lowest BCUT2D eigenvalue weighted by Gasteiger charge is -2.27. The van der Waals surface area contributed by atoms with Crippen molar-refractivity contribution >= 4 is 0 Å². The van der Waals surface area contributed by atoms with Crippen LogP contribution in [0.4, 0.5) is 0 Å². The number of furan rings is 1. The Morgan fingerprint density at radius 2 is 1.94 bits per heavy atom. The van der Waals surface area contributed by atoms with Crippen molar-refractivity contribution in [3.63, 3.8) is 0 Å². The number of aryl methyl sites for hydroxylation is 1. The second-order valence-electron chi connectivity index (χ2n) is 5.38. The molecule has 0 aliphatic carbocycles. The van der Waals surface area contributed by atoms with Crippen LogP contribution in [0.1, 0.15) is 39.2 Å². The highest BCUT2D eigenvalue weighted by Gasteiger charge is 2.27. The molecule has 0 amide bonds. The molecule has 1 aromatic rings. The summed E-state index contributed by atoms with van der Waals surface area (Å²) in [4.78, 5) is 0. The molecule has 0 spiro atoms. The Balaban J connectivity index is 2.70. The smallest absolute Gasteiger partial charge is 0.111 e. The summed E-state index contributed by atoms with van der Waals surface area (Å²) in [6.45, 7) is 10.6. The topological polar surface area (TPSA) is 49.0 Å². The molecule has 1 rings (SSSR count). The van der Waals surface area contributed by atoms with Crippen molar-refractivity contribution in [1.82, 2.24) is 5.32 Å². The number of nitriles is 1. The van der Waals surface area contributed by atoms with Crippen molar-refractivity contribution in [3.05, 3.63) is 23.7 Å². The van der Waals surface area contributed by atoms with Crippen molar-refractivity contribution in [3.8, 4) is 6.07 Å². The maximum Gasteiger partial charge on any atom is 0.111 e. The molecule has 3 heteroatoms. The zero-order valence-corrected chi connectivity index (χ0v) is 10.7. The molecule has 0 unspecified atom stereocenters. The van der Waals surface area contributed by atoms with Gasteiger partial charge in [-0.15, -0.1) is 0 Å². The maximum absolute atomic E-state index is 8.93. The summed E-state index contributed by atoms with van der Waals surface area (Å²) in [5, 5.41) is 12.2. The molecule has 1 aromatic heterocycles. The fourth-order valence-corrected chi connectivity index (χ4v) is 1.37. The van der Waals surface area contributed by atoms with Gasteiger partial charge in [0.2, 0.25) is 0 Å². The lowest BCUT2D eigenvalue weighted by atomic mass is 9.89. The van der Waals surface area contributed by atoms with E-state index in [0.717, 1.165) is 11.5 Å². The van der Waals surface area contributed by atoms with E-state index in [4.69, 9.17) is 9.68 Å². The first kappa shape index (κ1) is 12.8. The summed E-state index contributed by atoms with van der Waals surface area (Å²) in [6.07, 6.45) is 0. The Hall–Kier alpha value is -1.27. The highest BCUT2D eigenvalue weighted by molar-refractivity contribution is 5.16. The molecule has 0 radical (unpaired) electrons. The molecule has 0 bridgehead atoms. The van der Waals surface area contributed by atoms with E-state index in [9.17, 15) is 0 Å². The third kappa shape index (κ3) is 3.11. The molecule has 0 aliphatic heterocycles. The molecule has 0 saturated carbocycles. The molecular weight excluding hydrogens is 200 g/mol. The highest BCUT2D eigenvalue weighted by atomic mass is 16.3. The van der Waals surface area contributed by atoms with Crippen LogP contribution in [0.3, 0.4) is 0 Å². The Morgan fingerprint density at radius 3 is 2.38 bits per heavy atom. The Bertz CT molecular complexity index is 396. The summed E-state index contributed by atoms with van der Waals surface area (Å²) >= 11 is 0. The predicted octanol–water partition coefficient (Wildman–Crippen LogP) is 2.76. The van der Waals surface area contributed by atoms with E-state index in [1.807, 2.05) is 32.9 Å². The minimum atomic E-state index is -0.501. The van der Waals surface area contributed by atoms with Crippen LogP contribution in [0.5, 0.6) is 0 Å². The lowest BCUT2D eigenvalue weighted by molar-refractivity contribution is 0.332. The number of nitrogens with one attached hydrogen (secondary N) is 1. The Kier molecular flexibility index (Phi) is 3.44. The summed E-state index contributed by atoms with van der Waals surface area (Å²) in [5.41, 5.74) is -0.610. The van der Waals surface area contributed by atoms with Crippen LogP contribution in [0.25, 0.3) is 0 Å². The summed E-state index contributed by atoms with van der Waals surface area (Å²) in [5.74, 6) is 1.87. The van der Waals surface area contributed by atoms with Gasteiger partial charge in [0.05, 0.1) is 6.07 Å². The summed E-state index contributed by atoms with van der Waals surface area (Å²) < 4.78 is 5.62. The van der Waals surface area contributed by atoms with E-state index >= 15 is 0 Å². The van der Waals surface area contributed by atoms with Crippen LogP contribution in [0.15, 0.2) is 16.5 Å². The van der Waals surface area contributed by atoms with Gasteiger partial charge in [-0.2, -0.15) is 5.26 Å². The second-order valence-corrected chi connectivity index (χ2v) is 5.38. The lowest BCUT2D eigenvalue weighted by Crippen LogP contribution is -2.44. The van der Waals surface area contributed by atoms with Crippen LogP contribution < -0.4 is 5.32 Å². The van der Waals surface area contributed by atoms with Gasteiger partial charge in [-0.05, 0) is 32.9 Å². The van der Waals surface area contributed by atoms with E-state index in [-0.39, 0.29) is 5.41 Å². The predicted molar refractivity (Wildman–Crippen MR) is 64.2 cm³/mol. The van der Waals surface area contributed by atoms with E-state index < -0.39 is 5.54 Å². The average Bonchev–Trinajstić information content (AvgIpc) is 2.63. The molecule has 16 heavy (non-hydrogen) atoms. The van der Waals surface area contributed by atoms with E-state index in [0.29, 0.717) is 6.54 Å². The molecule has 0 atom stereocenters. The molecule has 1 heterocycles. The van der Waals surface area contributed by atoms with Gasteiger partial charge in [0.25, 0.3) is 0 Å². The van der Waals surface area contributed by atoms with Crippen LogP contribution in [-0.2, 0) is 5.41 Å². The zero-order valence-electron chi connectivity index (χ0n) is 10.7. The van der Waals surface area contributed by atoms with Crippen LogP contribution >= 0.6 is 0 Å². The van der Waals surface area contributed by atoms with Crippen LogP contribution in [0.2, 0.25) is 0 Å². The van der Waals surface area contributed by atoms with Crippen molar-refractivity contribution in [2.24, 2.45) is 0 Å². The molecule has 0 aromatic carbocycles. The molecule has 88 valence electrons. The van der Waals surface area contributed by atoms with Gasteiger partial charge >= 0.3 is 0 Å². The third-order valence-corrected chi connectivity index (χ3v) is 2.66. The Morgan fingerprint density at radius 1 is 1.31 bits per heavy atom. The maximum atomic E-state index is 8.93. The molecule has 3 nitrogen and oxygen atoms in total. The van der Waals surface area contributed by atoms with Gasteiger partial charge in [-0.1, -0.05) is 13.8 Å². The van der Waals surface area contributed by atoms with Gasteiger partial charge in [0, 0.05) is 12.0 Å². The first-order valence-electron chi connectivity index (χ1n) is 5.50. The molecule has 0 fully saturated rings. The number of hydrogen-bond acceptors (Lipinski definition) is 3. The molecule has 0 aliphatic rings. The van der Waals surface area contributed by atoms with Crippen molar-refractivity contribution in [1.29, 1.82) is 5.26 Å². The monoisotopic (exact) mass is 220 g/mol. The molecule has 1 N–H and O–H groups in total. The second kappa shape index (κ2) is 4.31. The first-order valence-corrected chi connectivity index (χ1v) is 5.50. The minimum Gasteiger partial charge on any atom is -0.466 e. The zero-order chi connectivity index (χ0) is 12.4. The van der Waals surface area contributed by atoms with Crippen LogP contribution in [0, 0.1) is 18.3 Å². The highest BCUT2D eigenvalue weighted by Crippen LogP contribution is 2.24. The Labute approximate surface area is 97.5 Å². The van der Waals surface area contributed by atoms with Crippen molar-refractivity contribution < 1.29 is 4.42 Å². The van der Waals surface area contributed by atoms with Gasteiger partial charge in [0.15, 0.2) is 0 Å². The standard InChI is InChI=1S/C13H20N2O/c1-10-6-7-11(16-10)12(2,3)9-15-13(4,5)8-14/h6-7,15H,9H2,1-5H3. The van der Waals surface area contributed by atoms with Crippen molar-refractivity contribution in [2.75, 3.05) is 6.54 Å². The minimum absolute atomic E-state index is 0.109. The third-order valence-electron chi connectivity index (χ3n) is 2.66. The number of rotatable bonds is 4. The van der Waals surface area contributed by atoms with Crippen LogP contribution in [-0.4, -0.2) is 12.1 Å². The molecule has 0 saturated heterocycles. The molecular formula is C13H20N2O. The van der Waals surface area contributed by atoms with Gasteiger partial charge in [0.1, 0.15) is 17.1 Å². The average molecular weight is 220 g/mol. The van der Waals surface area contributed by atoms with Gasteiger partial charge in [-0.3, -0.25) is 5.32 Å². The SMILES string of the molecule is Cc1ccc(C(C)(C)CNC(C)(C)C#N)o1. The fourth-order valence-electron chi connectivity index (χ4n) is 1.37. The fraction of sp³-hybridized carbons (Fsp3) is 0.615. The van der Waals surface area contributed by atoms with E-state index in [1.165, 1.54) is 0 Å². The number of hydrogen-bond donors (Lipinski definition) is 1. The first-order chi connectivity index (χ1) is 7.27. The number of nitrogens with zero attached hydrogens (tertiary/aromatic N) is 1. The van der Waals surface area contributed by atoms with Gasteiger partial charge < -0.3 is 4.42 Å². The van der Waals surface area contributed by atoms with Crippen molar-refractivity contribution in [2.45, 2.75) is 45.6 Å². The largest absolute Gasteiger partial charge is 0.466 e. The van der Waals surface area contributed by atoms with Gasteiger partial charge in [-0.25, -0.2) is 0 Å². The summed E-state index contributed by atoms with van der Waals surface area (Å²) in [6, 6.07) is 6.19.